The van der Waals surface area contributed by atoms with Crippen molar-refractivity contribution in [3.63, 3.8) is 0 Å². The Morgan fingerprint density at radius 2 is 1.41 bits per heavy atom. The van der Waals surface area contributed by atoms with Crippen molar-refractivity contribution in [3.05, 3.63) is 0 Å². The molecule has 5 rings (SSSR count). The van der Waals surface area contributed by atoms with Crippen LogP contribution in [0.2, 0.25) is 0 Å². The molecule has 17 heavy (non-hydrogen) atoms. The predicted octanol–water partition coefficient (Wildman–Crippen LogP) is 2.27. The summed E-state index contributed by atoms with van der Waals surface area (Å²) in [4.78, 5) is 1.96. The quantitative estimate of drug-likeness (QED) is 0.747. The average molecular weight is 234 g/mol. The van der Waals surface area contributed by atoms with Crippen LogP contribution in [0.1, 0.15) is 57.8 Å². The zero-order valence-corrected chi connectivity index (χ0v) is 11.2. The Morgan fingerprint density at radius 1 is 0.824 bits per heavy atom. The zero-order chi connectivity index (χ0) is 11.3. The molecule has 1 heteroatoms. The van der Waals surface area contributed by atoms with Crippen LogP contribution in [0.15, 0.2) is 0 Å². The molecule has 4 aliphatic carbocycles. The average Bonchev–Trinajstić information content (AvgIpc) is 2.68. The van der Waals surface area contributed by atoms with Crippen molar-refractivity contribution in [3.8, 4) is 0 Å². The highest BCUT2D eigenvalue weighted by Crippen LogP contribution is 2.57. The Balaban J connectivity index is 1.55. The van der Waals surface area contributed by atoms with Gasteiger partial charge in [-0.05, 0) is 49.9 Å². The van der Waals surface area contributed by atoms with E-state index in [-0.39, 0.29) is 0 Å². The highest BCUT2D eigenvalue weighted by molar-refractivity contribution is 4.98. The lowest BCUT2D eigenvalue weighted by atomic mass is 9.58. The van der Waals surface area contributed by atoms with Crippen molar-refractivity contribution in [2.24, 2.45) is 23.2 Å². The van der Waals surface area contributed by atoms with Crippen LogP contribution in [-0.2, 0) is 0 Å². The fourth-order valence-electron chi connectivity index (χ4n) is 6.17. The summed E-state index contributed by atoms with van der Waals surface area (Å²) in [6.07, 6.45) is 14.2. The molecule has 0 aromatic carbocycles. The van der Waals surface area contributed by atoms with E-state index in [2.05, 4.69) is 0 Å². The second-order valence-electron chi connectivity index (χ2n) is 7.89. The molecule has 0 aromatic rings. The third-order valence-corrected chi connectivity index (χ3v) is 6.42. The fraction of sp³-hybridized carbons (Fsp3) is 1.00. The smallest absolute Gasteiger partial charge is 0.0828 e. The second kappa shape index (κ2) is 3.98. The monoisotopic (exact) mass is 234 g/mol. The van der Waals surface area contributed by atoms with E-state index < -0.39 is 0 Å². The number of hydrogen-bond donors (Lipinski definition) is 1. The van der Waals surface area contributed by atoms with Crippen molar-refractivity contribution in [1.29, 1.82) is 0 Å². The molecule has 2 atom stereocenters. The maximum Gasteiger partial charge on any atom is 0.0828 e. The molecular weight excluding hydrogens is 206 g/mol. The van der Waals surface area contributed by atoms with Crippen LogP contribution < -0.4 is 4.90 Å². The minimum Gasteiger partial charge on any atom is -0.334 e. The van der Waals surface area contributed by atoms with E-state index in [1.807, 2.05) is 4.90 Å². The molecule has 4 bridgehead atoms. The molecule has 96 valence electrons. The molecule has 1 heterocycles. The van der Waals surface area contributed by atoms with Gasteiger partial charge in [0.15, 0.2) is 0 Å². The van der Waals surface area contributed by atoms with Crippen LogP contribution in [0, 0.1) is 23.2 Å². The lowest BCUT2D eigenvalue weighted by Gasteiger charge is -2.48. The Bertz CT molecular complexity index is 276. The normalized spacial score (nSPS) is 49.8. The van der Waals surface area contributed by atoms with Gasteiger partial charge in [0.2, 0.25) is 0 Å². The van der Waals surface area contributed by atoms with Crippen molar-refractivity contribution in [1.82, 2.24) is 0 Å². The van der Waals surface area contributed by atoms with Gasteiger partial charge >= 0.3 is 0 Å². The van der Waals surface area contributed by atoms with E-state index in [9.17, 15) is 0 Å². The molecule has 1 N–H and O–H groups in total. The van der Waals surface area contributed by atoms with Gasteiger partial charge in [0.25, 0.3) is 0 Å². The first-order valence-electron chi connectivity index (χ1n) is 8.15. The van der Waals surface area contributed by atoms with Crippen LogP contribution >= 0.6 is 0 Å². The summed E-state index contributed by atoms with van der Waals surface area (Å²) in [5, 5.41) is 0. The molecular formula is C16H28N+. The second-order valence-corrected chi connectivity index (χ2v) is 7.89. The molecule has 1 aliphatic heterocycles. The summed E-state index contributed by atoms with van der Waals surface area (Å²) in [5.41, 5.74) is 0.812. The third-order valence-electron chi connectivity index (χ3n) is 6.42. The molecule has 4 saturated carbocycles. The first kappa shape index (κ1) is 10.8. The zero-order valence-electron chi connectivity index (χ0n) is 11.2. The molecule has 0 radical (unpaired) electrons. The van der Waals surface area contributed by atoms with Crippen molar-refractivity contribution < 1.29 is 4.90 Å². The number of likely N-dealkylation sites (tertiary alicyclic amines) is 1. The largest absolute Gasteiger partial charge is 0.334 e. The molecule has 0 unspecified atom stereocenters. The first-order chi connectivity index (χ1) is 8.31. The van der Waals surface area contributed by atoms with Gasteiger partial charge in [0.1, 0.15) is 0 Å². The third kappa shape index (κ3) is 1.95. The first-order valence-corrected chi connectivity index (χ1v) is 8.15. The Labute approximate surface area is 106 Å². The van der Waals surface area contributed by atoms with Crippen LogP contribution in [0.25, 0.3) is 0 Å². The standard InChI is InChI=1S/C16H27N/c1-2-6-17(5-1)12-16-9-13-3-4-14(10-16)8-15(7-13)11-16/h13-15H,1-12H2/p+1/t13-,14-,15?,16?/m1/s1. The van der Waals surface area contributed by atoms with E-state index in [4.69, 9.17) is 0 Å². The minimum absolute atomic E-state index is 0.812. The van der Waals surface area contributed by atoms with Crippen LogP contribution in [0.4, 0.5) is 0 Å². The molecule has 0 amide bonds. The summed E-state index contributed by atoms with van der Waals surface area (Å²) < 4.78 is 0. The van der Waals surface area contributed by atoms with Crippen LogP contribution in [-0.4, -0.2) is 19.6 Å². The van der Waals surface area contributed by atoms with Gasteiger partial charge in [0, 0.05) is 18.3 Å². The van der Waals surface area contributed by atoms with E-state index in [1.165, 1.54) is 25.9 Å². The maximum absolute atomic E-state index is 1.96. The van der Waals surface area contributed by atoms with Crippen molar-refractivity contribution in [2.75, 3.05) is 19.6 Å². The lowest BCUT2D eigenvalue weighted by molar-refractivity contribution is -0.895. The Morgan fingerprint density at radius 3 is 2.06 bits per heavy atom. The number of hydrogen-bond acceptors (Lipinski definition) is 0. The van der Waals surface area contributed by atoms with Gasteiger partial charge in [-0.2, -0.15) is 0 Å². The van der Waals surface area contributed by atoms with Crippen LogP contribution in [0.5, 0.6) is 0 Å². The summed E-state index contributed by atoms with van der Waals surface area (Å²) in [6.45, 7) is 4.53. The number of rotatable bonds is 2. The van der Waals surface area contributed by atoms with E-state index >= 15 is 0 Å². The fourth-order valence-corrected chi connectivity index (χ4v) is 6.17. The van der Waals surface area contributed by atoms with E-state index in [0.29, 0.717) is 0 Å². The van der Waals surface area contributed by atoms with Gasteiger partial charge < -0.3 is 4.90 Å². The van der Waals surface area contributed by atoms with Crippen LogP contribution in [0.3, 0.4) is 0 Å². The number of quaternary nitrogens is 1. The number of fused-ring (bicyclic) bond motifs is 1. The maximum atomic E-state index is 1.96. The van der Waals surface area contributed by atoms with Crippen molar-refractivity contribution >= 4 is 0 Å². The highest BCUT2D eigenvalue weighted by atomic mass is 15.1. The van der Waals surface area contributed by atoms with Gasteiger partial charge in [-0.25, -0.2) is 0 Å². The van der Waals surface area contributed by atoms with E-state index in [1.54, 1.807) is 51.5 Å². The Hall–Kier alpha value is -0.0400. The Kier molecular flexibility index (Phi) is 2.54. The summed E-state index contributed by atoms with van der Waals surface area (Å²) in [6, 6.07) is 0. The summed E-state index contributed by atoms with van der Waals surface area (Å²) in [5.74, 6) is 3.39. The molecule has 5 fully saturated rings. The van der Waals surface area contributed by atoms with Gasteiger partial charge in [-0.15, -0.1) is 0 Å². The molecule has 0 spiro atoms. The minimum atomic E-state index is 0.812. The molecule has 0 aromatic heterocycles. The highest BCUT2D eigenvalue weighted by Gasteiger charge is 2.50. The lowest BCUT2D eigenvalue weighted by Crippen LogP contribution is -3.11. The topological polar surface area (TPSA) is 4.44 Å². The van der Waals surface area contributed by atoms with Gasteiger partial charge in [-0.3, -0.25) is 0 Å². The van der Waals surface area contributed by atoms with Crippen molar-refractivity contribution in [2.45, 2.75) is 57.8 Å². The molecule has 1 saturated heterocycles. The number of nitrogens with one attached hydrogen (secondary N) is 1. The van der Waals surface area contributed by atoms with Gasteiger partial charge in [0.05, 0.1) is 19.6 Å². The molecule has 1 nitrogen and oxygen atoms in total. The summed E-state index contributed by atoms with van der Waals surface area (Å²) in [7, 11) is 0. The predicted molar refractivity (Wildman–Crippen MR) is 70.0 cm³/mol. The van der Waals surface area contributed by atoms with E-state index in [0.717, 1.165) is 23.2 Å². The SMILES string of the molecule is C1CC[NH+](CC23CC4C[C@@H](CC[C@H](C4)C2)C3)C1. The molecule has 5 aliphatic rings. The summed E-state index contributed by atoms with van der Waals surface area (Å²) >= 11 is 0. The van der Waals surface area contributed by atoms with Gasteiger partial charge in [-0.1, -0.05) is 12.8 Å².